The molecule has 0 radical (unpaired) electrons. The molecule has 3 aromatic rings. The Bertz CT molecular complexity index is 1890. The van der Waals surface area contributed by atoms with Crippen molar-refractivity contribution in [1.29, 1.82) is 0 Å². The highest BCUT2D eigenvalue weighted by Crippen LogP contribution is 2.39. The van der Waals surface area contributed by atoms with Crippen molar-refractivity contribution in [3.63, 3.8) is 0 Å². The van der Waals surface area contributed by atoms with Crippen molar-refractivity contribution >= 4 is 23.5 Å². The fourth-order valence-electron chi connectivity index (χ4n) is 9.33. The number of carbonyl (C=O) groups excluding carboxylic acids is 3. The topological polar surface area (TPSA) is 195 Å². The summed E-state index contributed by atoms with van der Waals surface area (Å²) < 4.78 is 35.0. The Morgan fingerprint density at radius 3 is 2.47 bits per heavy atom. The summed E-state index contributed by atoms with van der Waals surface area (Å²) >= 11 is 0. The van der Waals surface area contributed by atoms with Gasteiger partial charge in [0.15, 0.2) is 17.7 Å². The molecule has 0 aliphatic carbocycles. The van der Waals surface area contributed by atoms with E-state index in [2.05, 4.69) is 22.6 Å². The van der Waals surface area contributed by atoms with Gasteiger partial charge in [-0.3, -0.25) is 19.2 Å². The van der Waals surface area contributed by atoms with E-state index in [1.54, 1.807) is 23.6 Å². The second-order valence-electron chi connectivity index (χ2n) is 17.3. The summed E-state index contributed by atoms with van der Waals surface area (Å²) in [6.07, 6.45) is 3.34. The second-order valence-corrected chi connectivity index (χ2v) is 17.3. The van der Waals surface area contributed by atoms with Gasteiger partial charge in [0.2, 0.25) is 0 Å². The van der Waals surface area contributed by atoms with Crippen LogP contribution < -0.4 is 11.1 Å². The average Bonchev–Trinajstić information content (AvgIpc) is 3.99. The molecular formula is C44H65N7O9. The maximum absolute atomic E-state index is 14.3. The standard InChI is InChI=1S/C44H65N7O9/c1-9-36-44(7)40(51(43(55)60-44)20-13-12-19-50-25-33(47-48-50)31-15-14-16-32(45)23-31)30(6)46-24-26(2)21-35(56-8)39(28(4)37(52)29(5)41(54)58-36)59-42-38(53)34(22-27(3)57-42)49-17-10-11-18-49/h10-11,14-18,23,25-30,34-36,38-40,42,46,53H,9,12-13,19-22,24,45H2,1-8H3/t26-,27?,28+,29-,30-,34?,35-,36-,38?,39-,40-,42+,44-/m1/s1. The number of carbonyl (C=O) groups is 3. The maximum atomic E-state index is 14.3. The molecule has 3 aliphatic rings. The molecule has 3 aliphatic heterocycles. The van der Waals surface area contributed by atoms with E-state index in [0.717, 1.165) is 11.3 Å². The van der Waals surface area contributed by atoms with Crippen molar-refractivity contribution in [2.24, 2.45) is 17.8 Å². The molecule has 16 heteroatoms. The van der Waals surface area contributed by atoms with Gasteiger partial charge in [-0.1, -0.05) is 38.1 Å². The number of esters is 1. The third kappa shape index (κ3) is 9.89. The van der Waals surface area contributed by atoms with E-state index in [-0.39, 0.29) is 24.1 Å². The number of Topliss-reactive ketones (excluding diaryl/α,β-unsaturated/α-hetero) is 1. The summed E-state index contributed by atoms with van der Waals surface area (Å²) in [4.78, 5) is 43.9. The second kappa shape index (κ2) is 19.6. The van der Waals surface area contributed by atoms with Gasteiger partial charge >= 0.3 is 12.1 Å². The number of fused-ring (bicyclic) bond motifs is 1. The minimum absolute atomic E-state index is 0.00887. The number of hydrogen-bond donors (Lipinski definition) is 3. The number of ether oxygens (including phenoxy) is 5. The molecule has 330 valence electrons. The molecule has 6 rings (SSSR count). The molecular weight excluding hydrogens is 771 g/mol. The monoisotopic (exact) mass is 835 g/mol. The number of aromatic nitrogens is 4. The van der Waals surface area contributed by atoms with E-state index in [0.29, 0.717) is 57.4 Å². The first-order valence-corrected chi connectivity index (χ1v) is 21.5. The number of amides is 1. The number of nitrogens with two attached hydrogens (primary N) is 1. The number of nitrogen functional groups attached to an aromatic ring is 1. The number of rotatable bonds is 11. The van der Waals surface area contributed by atoms with Gasteiger partial charge in [0.05, 0.1) is 36.6 Å². The number of benzene rings is 1. The van der Waals surface area contributed by atoms with Crippen molar-refractivity contribution in [2.45, 2.75) is 148 Å². The fraction of sp³-hybridized carbons (Fsp3) is 0.659. The number of aryl methyl sites for hydroxylation is 1. The molecule has 1 aromatic carbocycles. The molecule has 3 saturated heterocycles. The molecule has 5 heterocycles. The van der Waals surface area contributed by atoms with Gasteiger partial charge < -0.3 is 44.4 Å². The predicted molar refractivity (Wildman–Crippen MR) is 223 cm³/mol. The summed E-state index contributed by atoms with van der Waals surface area (Å²) in [7, 11) is 1.58. The largest absolute Gasteiger partial charge is 0.458 e. The first-order valence-electron chi connectivity index (χ1n) is 21.5. The highest BCUT2D eigenvalue weighted by molar-refractivity contribution is 6.00. The van der Waals surface area contributed by atoms with Crippen LogP contribution in [0.4, 0.5) is 10.5 Å². The molecule has 0 bridgehead atoms. The highest BCUT2D eigenvalue weighted by atomic mass is 16.7. The van der Waals surface area contributed by atoms with E-state index in [4.69, 9.17) is 29.4 Å². The molecule has 0 spiro atoms. The molecule has 0 saturated carbocycles. The molecule has 16 nitrogen and oxygen atoms in total. The lowest BCUT2D eigenvalue weighted by Crippen LogP contribution is -2.60. The molecule has 2 aromatic heterocycles. The van der Waals surface area contributed by atoms with Crippen molar-refractivity contribution in [1.82, 2.24) is 29.8 Å². The van der Waals surface area contributed by atoms with Crippen LogP contribution in [0.1, 0.15) is 86.6 Å². The summed E-state index contributed by atoms with van der Waals surface area (Å²) in [5.74, 6) is -3.12. The first kappa shape index (κ1) is 45.2. The van der Waals surface area contributed by atoms with Gasteiger partial charge in [-0.05, 0) is 96.5 Å². The van der Waals surface area contributed by atoms with Crippen LogP contribution in [-0.2, 0) is 39.8 Å². The fourth-order valence-corrected chi connectivity index (χ4v) is 9.33. The zero-order chi connectivity index (χ0) is 43.3. The molecule has 1 amide bonds. The molecule has 60 heavy (non-hydrogen) atoms. The van der Waals surface area contributed by atoms with Gasteiger partial charge in [0, 0.05) is 55.8 Å². The molecule has 3 fully saturated rings. The highest BCUT2D eigenvalue weighted by Gasteiger charge is 2.58. The van der Waals surface area contributed by atoms with Crippen LogP contribution in [0.2, 0.25) is 0 Å². The Balaban J connectivity index is 1.20. The van der Waals surface area contributed by atoms with Crippen molar-refractivity contribution in [3.05, 3.63) is 55.0 Å². The molecule has 3 unspecified atom stereocenters. The smallest absolute Gasteiger partial charge is 0.410 e. The van der Waals surface area contributed by atoms with Crippen LogP contribution in [0, 0.1) is 17.8 Å². The van der Waals surface area contributed by atoms with Gasteiger partial charge in [-0.25, -0.2) is 4.79 Å². The van der Waals surface area contributed by atoms with E-state index in [1.807, 2.05) is 87.3 Å². The van der Waals surface area contributed by atoms with E-state index < -0.39 is 72.0 Å². The minimum Gasteiger partial charge on any atom is -0.458 e. The van der Waals surface area contributed by atoms with E-state index in [9.17, 15) is 19.5 Å². The van der Waals surface area contributed by atoms with Crippen molar-refractivity contribution in [2.75, 3.05) is 25.9 Å². The van der Waals surface area contributed by atoms with Gasteiger partial charge in [0.1, 0.15) is 23.8 Å². The minimum atomic E-state index is -1.23. The van der Waals surface area contributed by atoms with Crippen LogP contribution >= 0.6 is 0 Å². The molecule has 13 atom stereocenters. The van der Waals surface area contributed by atoms with Crippen LogP contribution in [0.5, 0.6) is 0 Å². The normalized spacial score (nSPS) is 34.7. The lowest BCUT2D eigenvalue weighted by Gasteiger charge is -2.42. The number of cyclic esters (lactones) is 1. The van der Waals surface area contributed by atoms with Crippen LogP contribution in [-0.4, -0.2) is 122 Å². The lowest BCUT2D eigenvalue weighted by atomic mass is 9.84. The van der Waals surface area contributed by atoms with E-state index >= 15 is 0 Å². The average molecular weight is 836 g/mol. The Morgan fingerprint density at radius 1 is 1.03 bits per heavy atom. The SMILES string of the molecule is CC[C@H]1OC(=O)[C@H](C)C(=O)[C@H](C)[C@@H](O[C@@H]2OC(C)CC(n3cccc3)C2O)[C@H](OC)C[C@@H](C)CN[C@H](C)[C@H]2N(CCCCn3cc(-c4cccc(N)c4)nn3)C(=O)O[C@]12C. The number of hydrogen-bond acceptors (Lipinski definition) is 13. The number of aliphatic hydroxyl groups excluding tert-OH is 1. The van der Waals surface area contributed by atoms with Gasteiger partial charge in [0.25, 0.3) is 0 Å². The Kier molecular flexibility index (Phi) is 14.7. The summed E-state index contributed by atoms with van der Waals surface area (Å²) in [5, 5.41) is 23.9. The quantitative estimate of drug-likeness (QED) is 0.101. The Morgan fingerprint density at radius 2 is 1.77 bits per heavy atom. The summed E-state index contributed by atoms with van der Waals surface area (Å²) in [5.41, 5.74) is 6.99. The summed E-state index contributed by atoms with van der Waals surface area (Å²) in [6.45, 7) is 14.5. The Hall–Kier alpha value is -4.35. The van der Waals surface area contributed by atoms with Crippen molar-refractivity contribution in [3.8, 4) is 11.3 Å². The number of ketones is 1. The Labute approximate surface area is 353 Å². The zero-order valence-electron chi connectivity index (χ0n) is 36.3. The zero-order valence-corrected chi connectivity index (χ0v) is 36.3. The third-order valence-electron chi connectivity index (χ3n) is 12.7. The molecule has 4 N–H and O–H groups in total. The maximum Gasteiger partial charge on any atom is 0.410 e. The number of methoxy groups -OCH3 is 1. The third-order valence-corrected chi connectivity index (χ3v) is 12.7. The van der Waals surface area contributed by atoms with Gasteiger partial charge in [-0.15, -0.1) is 5.10 Å². The summed E-state index contributed by atoms with van der Waals surface area (Å²) in [6, 6.07) is 10.2. The van der Waals surface area contributed by atoms with Gasteiger partial charge in [-0.2, -0.15) is 0 Å². The van der Waals surface area contributed by atoms with Crippen LogP contribution in [0.15, 0.2) is 55.0 Å². The first-order chi connectivity index (χ1) is 28.6. The van der Waals surface area contributed by atoms with Crippen LogP contribution in [0.25, 0.3) is 11.3 Å². The van der Waals surface area contributed by atoms with Crippen molar-refractivity contribution < 1.29 is 43.2 Å². The predicted octanol–water partition coefficient (Wildman–Crippen LogP) is 5.01. The number of anilines is 1. The number of unbranched alkanes of at least 4 members (excludes halogenated alkanes) is 1. The number of nitrogens with one attached hydrogen (secondary N) is 1. The number of nitrogens with zero attached hydrogens (tertiary/aromatic N) is 5. The van der Waals surface area contributed by atoms with Crippen LogP contribution in [0.3, 0.4) is 0 Å². The van der Waals surface area contributed by atoms with E-state index in [1.165, 1.54) is 6.92 Å². The number of aliphatic hydroxyl groups is 1. The lowest BCUT2D eigenvalue weighted by molar-refractivity contribution is -0.282.